The van der Waals surface area contributed by atoms with E-state index in [0.717, 1.165) is 19.4 Å². The van der Waals surface area contributed by atoms with E-state index in [1.807, 2.05) is 11.8 Å². The number of hydrogen-bond acceptors (Lipinski definition) is 3. The third kappa shape index (κ3) is 2.57. The first-order valence-corrected chi connectivity index (χ1v) is 8.17. The maximum Gasteiger partial charge on any atom is 0.310 e. The van der Waals surface area contributed by atoms with Crippen LogP contribution in [0.15, 0.2) is 0 Å². The number of amides is 1. The molecule has 3 unspecified atom stereocenters. The topological polar surface area (TPSA) is 46.6 Å². The number of esters is 1. The number of piperidine rings is 1. The Hall–Kier alpha value is -1.06. The number of likely N-dealkylation sites (tertiary alicyclic amines) is 1. The van der Waals surface area contributed by atoms with Crippen molar-refractivity contribution in [2.45, 2.75) is 45.4 Å². The summed E-state index contributed by atoms with van der Waals surface area (Å²) in [6.07, 6.45) is 6.83. The Morgan fingerprint density at radius 2 is 1.80 bits per heavy atom. The van der Waals surface area contributed by atoms with Gasteiger partial charge in [-0.1, -0.05) is 12.8 Å². The van der Waals surface area contributed by atoms with Crippen LogP contribution in [0.5, 0.6) is 0 Å². The van der Waals surface area contributed by atoms with Crippen LogP contribution in [0.2, 0.25) is 0 Å². The summed E-state index contributed by atoms with van der Waals surface area (Å²) in [6, 6.07) is 0. The van der Waals surface area contributed by atoms with Gasteiger partial charge < -0.3 is 9.64 Å². The van der Waals surface area contributed by atoms with E-state index in [-0.39, 0.29) is 17.8 Å². The molecule has 2 aliphatic carbocycles. The molecule has 0 radical (unpaired) electrons. The summed E-state index contributed by atoms with van der Waals surface area (Å²) in [6.45, 7) is 3.66. The summed E-state index contributed by atoms with van der Waals surface area (Å²) >= 11 is 0. The molecule has 1 amide bonds. The predicted octanol–water partition coefficient (Wildman–Crippen LogP) is 2.22. The first kappa shape index (κ1) is 13.9. The van der Waals surface area contributed by atoms with Crippen molar-refractivity contribution in [3.05, 3.63) is 0 Å². The fourth-order valence-electron chi connectivity index (χ4n) is 4.20. The predicted molar refractivity (Wildman–Crippen MR) is 74.9 cm³/mol. The van der Waals surface area contributed by atoms with Gasteiger partial charge in [0.2, 0.25) is 5.91 Å². The molecule has 0 bridgehead atoms. The van der Waals surface area contributed by atoms with Gasteiger partial charge in [-0.3, -0.25) is 9.59 Å². The van der Waals surface area contributed by atoms with E-state index in [2.05, 4.69) is 0 Å². The zero-order valence-electron chi connectivity index (χ0n) is 12.3. The van der Waals surface area contributed by atoms with E-state index in [1.165, 1.54) is 25.7 Å². The molecule has 1 heterocycles. The van der Waals surface area contributed by atoms with Gasteiger partial charge in [0.1, 0.15) is 0 Å². The van der Waals surface area contributed by atoms with Crippen LogP contribution in [-0.4, -0.2) is 36.5 Å². The Labute approximate surface area is 120 Å². The van der Waals surface area contributed by atoms with E-state index < -0.39 is 0 Å². The molecular formula is C16H25NO3. The lowest BCUT2D eigenvalue weighted by atomic mass is 9.97. The molecule has 1 aliphatic heterocycles. The molecule has 0 spiro atoms. The summed E-state index contributed by atoms with van der Waals surface area (Å²) in [5.41, 5.74) is 0. The average molecular weight is 279 g/mol. The van der Waals surface area contributed by atoms with Gasteiger partial charge in [-0.05, 0) is 44.4 Å². The second kappa shape index (κ2) is 5.74. The number of rotatable bonds is 3. The van der Waals surface area contributed by atoms with E-state index in [1.54, 1.807) is 0 Å². The molecule has 2 saturated carbocycles. The Balaban J connectivity index is 1.57. The third-order valence-corrected chi connectivity index (χ3v) is 5.29. The fraction of sp³-hybridized carbons (Fsp3) is 0.875. The lowest BCUT2D eigenvalue weighted by Gasteiger charge is -2.31. The normalized spacial score (nSPS) is 36.1. The van der Waals surface area contributed by atoms with Gasteiger partial charge in [0.15, 0.2) is 0 Å². The molecule has 20 heavy (non-hydrogen) atoms. The van der Waals surface area contributed by atoms with Crippen LogP contribution in [-0.2, 0) is 14.3 Å². The Bertz CT molecular complexity index is 383. The second-order valence-electron chi connectivity index (χ2n) is 6.51. The molecule has 4 heteroatoms. The number of carbonyl (C=O) groups excluding carboxylic acids is 2. The van der Waals surface area contributed by atoms with Crippen LogP contribution < -0.4 is 0 Å². The van der Waals surface area contributed by atoms with Crippen molar-refractivity contribution in [3.63, 3.8) is 0 Å². The number of ether oxygens (including phenoxy) is 1. The summed E-state index contributed by atoms with van der Waals surface area (Å²) in [5.74, 6) is 1.67. The van der Waals surface area contributed by atoms with Crippen LogP contribution in [0, 0.1) is 23.7 Å². The third-order valence-electron chi connectivity index (χ3n) is 5.29. The minimum absolute atomic E-state index is 0.103. The highest BCUT2D eigenvalue weighted by molar-refractivity contribution is 5.83. The van der Waals surface area contributed by atoms with Gasteiger partial charge in [-0.25, -0.2) is 0 Å². The van der Waals surface area contributed by atoms with Gasteiger partial charge in [-0.15, -0.1) is 0 Å². The molecule has 3 aliphatic rings. The molecule has 3 atom stereocenters. The Morgan fingerprint density at radius 1 is 1.10 bits per heavy atom. The molecule has 0 aromatic carbocycles. The molecule has 3 fully saturated rings. The molecule has 0 aromatic rings. The smallest absolute Gasteiger partial charge is 0.310 e. The van der Waals surface area contributed by atoms with Crippen molar-refractivity contribution in [1.29, 1.82) is 0 Å². The van der Waals surface area contributed by atoms with E-state index in [9.17, 15) is 9.59 Å². The SMILES string of the molecule is CCOC(=O)C1CCCN(C(=O)C2C3CCCCC32)C1. The summed E-state index contributed by atoms with van der Waals surface area (Å²) in [7, 11) is 0. The molecule has 112 valence electrons. The Morgan fingerprint density at radius 3 is 2.45 bits per heavy atom. The lowest BCUT2D eigenvalue weighted by molar-refractivity contribution is -0.151. The quantitative estimate of drug-likeness (QED) is 0.744. The zero-order valence-corrected chi connectivity index (χ0v) is 12.3. The van der Waals surface area contributed by atoms with Crippen molar-refractivity contribution in [2.75, 3.05) is 19.7 Å². The van der Waals surface area contributed by atoms with Crippen LogP contribution in [0.25, 0.3) is 0 Å². The molecular weight excluding hydrogens is 254 g/mol. The second-order valence-corrected chi connectivity index (χ2v) is 6.51. The average Bonchev–Trinajstić information content (AvgIpc) is 3.21. The highest BCUT2D eigenvalue weighted by Crippen LogP contribution is 2.56. The van der Waals surface area contributed by atoms with Gasteiger partial charge in [0.25, 0.3) is 0 Å². The summed E-state index contributed by atoms with van der Waals surface area (Å²) < 4.78 is 5.10. The first-order chi connectivity index (χ1) is 9.72. The Kier molecular flexibility index (Phi) is 3.99. The van der Waals surface area contributed by atoms with Gasteiger partial charge >= 0.3 is 5.97 Å². The van der Waals surface area contributed by atoms with Gasteiger partial charge in [0, 0.05) is 19.0 Å². The van der Waals surface area contributed by atoms with Crippen LogP contribution in [0.1, 0.15) is 45.4 Å². The molecule has 3 rings (SSSR count). The molecule has 0 aromatic heterocycles. The lowest BCUT2D eigenvalue weighted by Crippen LogP contribution is -2.43. The van der Waals surface area contributed by atoms with Crippen LogP contribution >= 0.6 is 0 Å². The fourth-order valence-corrected chi connectivity index (χ4v) is 4.20. The largest absolute Gasteiger partial charge is 0.466 e. The number of fused-ring (bicyclic) bond motifs is 1. The van der Waals surface area contributed by atoms with Crippen molar-refractivity contribution in [1.82, 2.24) is 4.90 Å². The number of nitrogens with zero attached hydrogens (tertiary/aromatic N) is 1. The molecule has 4 nitrogen and oxygen atoms in total. The molecule has 1 saturated heterocycles. The highest BCUT2D eigenvalue weighted by Gasteiger charge is 2.56. The highest BCUT2D eigenvalue weighted by atomic mass is 16.5. The van der Waals surface area contributed by atoms with Crippen molar-refractivity contribution >= 4 is 11.9 Å². The summed E-state index contributed by atoms with van der Waals surface area (Å²) in [5, 5.41) is 0. The summed E-state index contributed by atoms with van der Waals surface area (Å²) in [4.78, 5) is 26.4. The molecule has 0 N–H and O–H groups in total. The first-order valence-electron chi connectivity index (χ1n) is 8.17. The van der Waals surface area contributed by atoms with E-state index >= 15 is 0 Å². The monoisotopic (exact) mass is 279 g/mol. The number of hydrogen-bond donors (Lipinski definition) is 0. The van der Waals surface area contributed by atoms with E-state index in [4.69, 9.17) is 4.74 Å². The van der Waals surface area contributed by atoms with Crippen molar-refractivity contribution in [2.24, 2.45) is 23.7 Å². The van der Waals surface area contributed by atoms with Gasteiger partial charge in [0.05, 0.1) is 12.5 Å². The zero-order chi connectivity index (χ0) is 14.1. The standard InChI is InChI=1S/C16H25NO3/c1-2-20-16(19)11-6-5-9-17(10-11)15(18)14-12-7-3-4-8-13(12)14/h11-14H,2-10H2,1H3. The maximum atomic E-state index is 12.6. The maximum absolute atomic E-state index is 12.6. The minimum Gasteiger partial charge on any atom is -0.466 e. The van der Waals surface area contributed by atoms with Crippen molar-refractivity contribution in [3.8, 4) is 0 Å². The van der Waals surface area contributed by atoms with Crippen molar-refractivity contribution < 1.29 is 14.3 Å². The van der Waals surface area contributed by atoms with Crippen LogP contribution in [0.4, 0.5) is 0 Å². The van der Waals surface area contributed by atoms with E-state index in [0.29, 0.717) is 30.9 Å². The minimum atomic E-state index is -0.127. The number of carbonyl (C=O) groups is 2. The van der Waals surface area contributed by atoms with Crippen LogP contribution in [0.3, 0.4) is 0 Å². The van der Waals surface area contributed by atoms with Gasteiger partial charge in [-0.2, -0.15) is 0 Å².